The molecule has 0 saturated carbocycles. The van der Waals surface area contributed by atoms with Gasteiger partial charge in [0.1, 0.15) is 17.9 Å². The topological polar surface area (TPSA) is 126 Å². The maximum absolute atomic E-state index is 12.2. The van der Waals surface area contributed by atoms with Crippen molar-refractivity contribution in [1.82, 2.24) is 14.9 Å². The van der Waals surface area contributed by atoms with E-state index in [4.69, 9.17) is 14.7 Å². The number of alkyl halides is 3. The van der Waals surface area contributed by atoms with Gasteiger partial charge in [-0.15, -0.1) is 0 Å². The van der Waals surface area contributed by atoms with Gasteiger partial charge in [-0.1, -0.05) is 18.8 Å². The standard InChI is InChI=1S/C18H17F3N4O5/c1-2-12-13(29-8-4-6-22)9-14(30-12)25-10-11(15(26)24-17(25)28)5-3-7-23-16(27)18(19,20)21/h4,8,10,12-14H,2,7,9H2,1H3,(H,23,27)(H,24,26,28)/b8-4+/t12-,13+,14-/m1/s1. The monoisotopic (exact) mass is 426 g/mol. The van der Waals surface area contributed by atoms with E-state index in [1.807, 2.05) is 6.92 Å². The predicted molar refractivity (Wildman–Crippen MR) is 95.7 cm³/mol. The van der Waals surface area contributed by atoms with Crippen molar-refractivity contribution in [1.29, 1.82) is 5.26 Å². The molecule has 0 bridgehead atoms. The van der Waals surface area contributed by atoms with Crippen LogP contribution < -0.4 is 16.6 Å². The minimum atomic E-state index is -5.04. The highest BCUT2D eigenvalue weighted by Crippen LogP contribution is 2.31. The Hall–Kier alpha value is -3.51. The van der Waals surface area contributed by atoms with Crippen LogP contribution in [0.3, 0.4) is 0 Å². The summed E-state index contributed by atoms with van der Waals surface area (Å²) in [5.41, 5.74) is -1.79. The fraction of sp³-hybridized carbons (Fsp3) is 0.444. The summed E-state index contributed by atoms with van der Waals surface area (Å²) in [4.78, 5) is 36.9. The third-order valence-corrected chi connectivity index (χ3v) is 4.07. The molecular weight excluding hydrogens is 409 g/mol. The largest absolute Gasteiger partial charge is 0.494 e. The van der Waals surface area contributed by atoms with E-state index >= 15 is 0 Å². The minimum Gasteiger partial charge on any atom is -0.494 e. The number of nitrogens with one attached hydrogen (secondary N) is 2. The Balaban J connectivity index is 2.18. The maximum atomic E-state index is 12.2. The second-order valence-electron chi connectivity index (χ2n) is 6.07. The zero-order chi connectivity index (χ0) is 22.3. The SMILES string of the molecule is CC[C@H]1O[C@@H](n2cc(C#CCNC(=O)C(F)(F)F)c(=O)[nH]c2=O)C[C@@H]1O/C=C/C#N. The van der Waals surface area contributed by atoms with Crippen LogP contribution in [0.1, 0.15) is 31.6 Å². The van der Waals surface area contributed by atoms with Crippen LogP contribution in [0.4, 0.5) is 13.2 Å². The molecule has 0 aromatic carbocycles. The molecule has 2 N–H and O–H groups in total. The minimum absolute atomic E-state index is 0.193. The number of aromatic amines is 1. The lowest BCUT2D eigenvalue weighted by molar-refractivity contribution is -0.173. The van der Waals surface area contributed by atoms with E-state index in [9.17, 15) is 27.6 Å². The third kappa shape index (κ3) is 5.75. The van der Waals surface area contributed by atoms with Crippen molar-refractivity contribution in [3.63, 3.8) is 0 Å². The second-order valence-corrected chi connectivity index (χ2v) is 6.07. The van der Waals surface area contributed by atoms with Gasteiger partial charge in [0.2, 0.25) is 0 Å². The molecule has 1 aromatic rings. The lowest BCUT2D eigenvalue weighted by Crippen LogP contribution is -2.37. The molecule has 1 amide bonds. The van der Waals surface area contributed by atoms with Crippen molar-refractivity contribution >= 4 is 5.91 Å². The average molecular weight is 426 g/mol. The number of carbonyl (C=O) groups is 1. The van der Waals surface area contributed by atoms with Crippen molar-refractivity contribution in [3.8, 4) is 17.9 Å². The molecule has 30 heavy (non-hydrogen) atoms. The van der Waals surface area contributed by atoms with E-state index in [1.165, 1.54) is 6.26 Å². The molecule has 1 saturated heterocycles. The van der Waals surface area contributed by atoms with Crippen molar-refractivity contribution in [3.05, 3.63) is 44.9 Å². The van der Waals surface area contributed by atoms with E-state index in [0.717, 1.165) is 16.8 Å². The molecule has 160 valence electrons. The van der Waals surface area contributed by atoms with Gasteiger partial charge in [0.25, 0.3) is 5.56 Å². The number of aromatic nitrogens is 2. The number of halogens is 3. The van der Waals surface area contributed by atoms with E-state index in [0.29, 0.717) is 6.42 Å². The summed E-state index contributed by atoms with van der Waals surface area (Å²) in [5, 5.41) is 10.1. The molecule has 2 rings (SSSR count). The van der Waals surface area contributed by atoms with Crippen LogP contribution in [-0.4, -0.2) is 40.4 Å². The summed E-state index contributed by atoms with van der Waals surface area (Å²) >= 11 is 0. The fourth-order valence-corrected chi connectivity index (χ4v) is 2.70. The van der Waals surface area contributed by atoms with E-state index in [1.54, 1.807) is 11.4 Å². The van der Waals surface area contributed by atoms with Crippen LogP contribution in [0.25, 0.3) is 0 Å². The van der Waals surface area contributed by atoms with E-state index in [-0.39, 0.29) is 18.1 Å². The lowest BCUT2D eigenvalue weighted by atomic mass is 10.1. The van der Waals surface area contributed by atoms with Gasteiger partial charge in [0.15, 0.2) is 0 Å². The van der Waals surface area contributed by atoms with Crippen LogP contribution in [0.2, 0.25) is 0 Å². The van der Waals surface area contributed by atoms with Crippen molar-refractivity contribution < 1.29 is 27.4 Å². The Bertz CT molecular complexity index is 1030. The van der Waals surface area contributed by atoms with Crippen LogP contribution in [0.15, 0.2) is 28.1 Å². The maximum Gasteiger partial charge on any atom is 0.471 e. The molecular formula is C18H17F3N4O5. The van der Waals surface area contributed by atoms with Gasteiger partial charge in [0, 0.05) is 12.6 Å². The molecule has 2 heterocycles. The number of ether oxygens (including phenoxy) is 2. The highest BCUT2D eigenvalue weighted by Gasteiger charge is 2.38. The number of allylic oxidation sites excluding steroid dienone is 1. The van der Waals surface area contributed by atoms with Gasteiger partial charge in [-0.2, -0.15) is 18.4 Å². The molecule has 0 aliphatic carbocycles. The fourth-order valence-electron chi connectivity index (χ4n) is 2.70. The number of H-pyrrole nitrogens is 1. The highest BCUT2D eigenvalue weighted by molar-refractivity contribution is 5.81. The number of hydrogen-bond donors (Lipinski definition) is 2. The molecule has 1 aromatic heterocycles. The Morgan fingerprint density at radius 1 is 1.50 bits per heavy atom. The first-order chi connectivity index (χ1) is 14.2. The van der Waals surface area contributed by atoms with E-state index < -0.39 is 42.2 Å². The van der Waals surface area contributed by atoms with Gasteiger partial charge in [-0.3, -0.25) is 19.1 Å². The molecule has 0 spiro atoms. The Morgan fingerprint density at radius 2 is 2.23 bits per heavy atom. The summed E-state index contributed by atoms with van der Waals surface area (Å²) in [5.74, 6) is 2.39. The molecule has 1 fully saturated rings. The summed E-state index contributed by atoms with van der Waals surface area (Å²) in [7, 11) is 0. The number of nitrogens with zero attached hydrogens (tertiary/aromatic N) is 2. The first kappa shape index (κ1) is 22.8. The smallest absolute Gasteiger partial charge is 0.471 e. The molecule has 1 aliphatic heterocycles. The van der Waals surface area contributed by atoms with Crippen molar-refractivity contribution in [2.75, 3.05) is 6.54 Å². The summed E-state index contributed by atoms with van der Waals surface area (Å²) in [6.45, 7) is 1.20. The Labute approximate surface area is 168 Å². The van der Waals surface area contributed by atoms with Gasteiger partial charge >= 0.3 is 17.8 Å². The van der Waals surface area contributed by atoms with Crippen molar-refractivity contribution in [2.24, 2.45) is 0 Å². The van der Waals surface area contributed by atoms with Crippen molar-refractivity contribution in [2.45, 2.75) is 44.4 Å². The number of carbonyl (C=O) groups excluding carboxylic acids is 1. The quantitative estimate of drug-likeness (QED) is 0.405. The lowest BCUT2D eigenvalue weighted by Gasteiger charge is -2.15. The number of nitriles is 1. The summed E-state index contributed by atoms with van der Waals surface area (Å²) < 4.78 is 48.7. The number of rotatable bonds is 5. The van der Waals surface area contributed by atoms with Gasteiger partial charge in [-0.25, -0.2) is 4.79 Å². The Kier molecular flexibility index (Phi) is 7.44. The van der Waals surface area contributed by atoms with Crippen LogP contribution >= 0.6 is 0 Å². The second kappa shape index (κ2) is 9.80. The zero-order valence-electron chi connectivity index (χ0n) is 15.7. The van der Waals surface area contributed by atoms with Crippen LogP contribution in [0, 0.1) is 23.2 Å². The number of amides is 1. The first-order valence-electron chi connectivity index (χ1n) is 8.72. The highest BCUT2D eigenvalue weighted by atomic mass is 19.4. The first-order valence-corrected chi connectivity index (χ1v) is 8.72. The Morgan fingerprint density at radius 3 is 2.87 bits per heavy atom. The average Bonchev–Trinajstić information content (AvgIpc) is 3.08. The molecule has 1 aliphatic rings. The molecule has 3 atom stereocenters. The predicted octanol–water partition coefficient (Wildman–Crippen LogP) is 0.687. The van der Waals surface area contributed by atoms with E-state index in [2.05, 4.69) is 16.8 Å². The molecule has 0 radical (unpaired) electrons. The van der Waals surface area contributed by atoms with Crippen LogP contribution in [-0.2, 0) is 14.3 Å². The molecule has 9 nitrogen and oxygen atoms in total. The van der Waals surface area contributed by atoms with Gasteiger partial charge in [-0.05, 0) is 6.42 Å². The summed E-state index contributed by atoms with van der Waals surface area (Å²) in [6, 6.07) is 1.78. The van der Waals surface area contributed by atoms with Crippen LogP contribution in [0.5, 0.6) is 0 Å². The zero-order valence-corrected chi connectivity index (χ0v) is 15.7. The third-order valence-electron chi connectivity index (χ3n) is 4.07. The normalized spacial score (nSPS) is 21.0. The molecule has 0 unspecified atom stereocenters. The molecule has 12 heteroatoms. The van der Waals surface area contributed by atoms with Gasteiger partial charge in [0.05, 0.1) is 31.1 Å². The summed E-state index contributed by atoms with van der Waals surface area (Å²) in [6.07, 6.45) is -2.32. The van der Waals surface area contributed by atoms with Gasteiger partial charge < -0.3 is 14.8 Å². The number of hydrogen-bond acceptors (Lipinski definition) is 6.